The van der Waals surface area contributed by atoms with Crippen LogP contribution in [0, 0.1) is 0 Å². The van der Waals surface area contributed by atoms with Gasteiger partial charge in [0, 0.05) is 24.7 Å². The Morgan fingerprint density at radius 1 is 1.42 bits per heavy atom. The van der Waals surface area contributed by atoms with Gasteiger partial charge in [0.05, 0.1) is 6.61 Å². The molecule has 0 unspecified atom stereocenters. The average Bonchev–Trinajstić information content (AvgIpc) is 2.37. The summed E-state index contributed by atoms with van der Waals surface area (Å²) in [5.74, 6) is 4.94. The lowest BCUT2D eigenvalue weighted by molar-refractivity contribution is 0.0909. The Labute approximate surface area is 113 Å². The Morgan fingerprint density at radius 2 is 2.16 bits per heavy atom. The van der Waals surface area contributed by atoms with Crippen LogP contribution in [0.3, 0.4) is 0 Å². The van der Waals surface area contributed by atoms with E-state index in [1.807, 2.05) is 18.2 Å². The fourth-order valence-electron chi connectivity index (χ4n) is 2.45. The zero-order chi connectivity index (χ0) is 13.7. The molecule has 104 valence electrons. The van der Waals surface area contributed by atoms with E-state index in [2.05, 4.69) is 10.3 Å². The van der Waals surface area contributed by atoms with Crippen molar-refractivity contribution in [3.63, 3.8) is 0 Å². The SMILES string of the molecule is NNC(=O)c1ccccc1CN(CCO)C1CCC1. The average molecular weight is 263 g/mol. The molecule has 4 N–H and O–H groups in total. The van der Waals surface area contributed by atoms with Crippen LogP contribution >= 0.6 is 0 Å². The zero-order valence-corrected chi connectivity index (χ0v) is 11.0. The fraction of sp³-hybridized carbons (Fsp3) is 0.500. The molecule has 1 aromatic carbocycles. The molecule has 1 fully saturated rings. The number of aliphatic hydroxyl groups is 1. The van der Waals surface area contributed by atoms with E-state index >= 15 is 0 Å². The molecule has 0 radical (unpaired) electrons. The molecule has 1 amide bonds. The van der Waals surface area contributed by atoms with Crippen molar-refractivity contribution < 1.29 is 9.90 Å². The number of hydrogen-bond donors (Lipinski definition) is 3. The Kier molecular flexibility index (Phi) is 4.90. The van der Waals surface area contributed by atoms with Gasteiger partial charge in [-0.3, -0.25) is 15.1 Å². The van der Waals surface area contributed by atoms with E-state index in [1.165, 1.54) is 19.3 Å². The maximum absolute atomic E-state index is 11.7. The molecule has 1 saturated carbocycles. The first-order chi connectivity index (χ1) is 9.26. The summed E-state index contributed by atoms with van der Waals surface area (Å²) in [6, 6.07) is 7.98. The van der Waals surface area contributed by atoms with Gasteiger partial charge < -0.3 is 5.11 Å². The van der Waals surface area contributed by atoms with E-state index in [1.54, 1.807) is 6.07 Å². The lowest BCUT2D eigenvalue weighted by Crippen LogP contribution is -2.41. The van der Waals surface area contributed by atoms with Crippen molar-refractivity contribution in [2.24, 2.45) is 5.84 Å². The van der Waals surface area contributed by atoms with Crippen LogP contribution in [0.5, 0.6) is 0 Å². The standard InChI is InChI=1S/C14H21N3O2/c15-16-14(19)13-7-2-1-4-11(13)10-17(8-9-18)12-5-3-6-12/h1-2,4,7,12,18H,3,5-6,8-10,15H2,(H,16,19). The first-order valence-corrected chi connectivity index (χ1v) is 6.70. The van der Waals surface area contributed by atoms with Gasteiger partial charge in [-0.1, -0.05) is 24.6 Å². The van der Waals surface area contributed by atoms with E-state index in [4.69, 9.17) is 10.9 Å². The summed E-state index contributed by atoms with van der Waals surface area (Å²) in [5.41, 5.74) is 3.73. The number of carbonyl (C=O) groups excluding carboxylic acids is 1. The van der Waals surface area contributed by atoms with E-state index < -0.39 is 0 Å². The Hall–Kier alpha value is -1.43. The van der Waals surface area contributed by atoms with Crippen LogP contribution in [0.2, 0.25) is 0 Å². The first-order valence-electron chi connectivity index (χ1n) is 6.70. The third kappa shape index (κ3) is 3.32. The number of nitrogens with two attached hydrogens (primary N) is 1. The van der Waals surface area contributed by atoms with E-state index in [0.29, 0.717) is 24.7 Å². The highest BCUT2D eigenvalue weighted by atomic mass is 16.3. The summed E-state index contributed by atoms with van der Waals surface area (Å²) in [6.45, 7) is 1.46. The van der Waals surface area contributed by atoms with Gasteiger partial charge >= 0.3 is 0 Å². The Bertz CT molecular complexity index is 432. The predicted octanol–water partition coefficient (Wildman–Crippen LogP) is 0.637. The van der Waals surface area contributed by atoms with Crippen molar-refractivity contribution in [2.75, 3.05) is 13.2 Å². The largest absolute Gasteiger partial charge is 0.395 e. The second kappa shape index (κ2) is 6.65. The summed E-state index contributed by atoms with van der Waals surface area (Å²) < 4.78 is 0. The normalized spacial score (nSPS) is 15.3. The van der Waals surface area contributed by atoms with Crippen molar-refractivity contribution in [1.29, 1.82) is 0 Å². The number of nitrogens with one attached hydrogen (secondary N) is 1. The first kappa shape index (κ1) is 14.0. The molecule has 19 heavy (non-hydrogen) atoms. The van der Waals surface area contributed by atoms with Gasteiger partial charge in [-0.15, -0.1) is 0 Å². The lowest BCUT2D eigenvalue weighted by atomic mass is 9.91. The van der Waals surface area contributed by atoms with Crippen LogP contribution in [-0.2, 0) is 6.54 Å². The minimum Gasteiger partial charge on any atom is -0.395 e. The van der Waals surface area contributed by atoms with Crippen molar-refractivity contribution in [3.05, 3.63) is 35.4 Å². The molecule has 0 spiro atoms. The van der Waals surface area contributed by atoms with Crippen LogP contribution in [0.25, 0.3) is 0 Å². The van der Waals surface area contributed by atoms with Crippen molar-refractivity contribution in [3.8, 4) is 0 Å². The maximum Gasteiger partial charge on any atom is 0.265 e. The summed E-state index contributed by atoms with van der Waals surface area (Å²) in [4.78, 5) is 14.0. The van der Waals surface area contributed by atoms with Gasteiger partial charge in [0.2, 0.25) is 0 Å². The van der Waals surface area contributed by atoms with Crippen LogP contribution in [-0.4, -0.2) is 35.1 Å². The molecule has 0 aromatic heterocycles. The van der Waals surface area contributed by atoms with Gasteiger partial charge in [0.25, 0.3) is 5.91 Å². The van der Waals surface area contributed by atoms with Crippen molar-refractivity contribution >= 4 is 5.91 Å². The van der Waals surface area contributed by atoms with E-state index in [0.717, 1.165) is 5.56 Å². The molecule has 0 aliphatic heterocycles. The van der Waals surface area contributed by atoms with Crippen LogP contribution in [0.15, 0.2) is 24.3 Å². The summed E-state index contributed by atoms with van der Waals surface area (Å²) in [5, 5.41) is 9.17. The molecule has 1 aromatic rings. The number of aliphatic hydroxyl groups excluding tert-OH is 1. The Balaban J connectivity index is 2.13. The molecular weight excluding hydrogens is 242 g/mol. The van der Waals surface area contributed by atoms with E-state index in [-0.39, 0.29) is 12.5 Å². The van der Waals surface area contributed by atoms with Gasteiger partial charge in [-0.25, -0.2) is 5.84 Å². The van der Waals surface area contributed by atoms with Crippen molar-refractivity contribution in [2.45, 2.75) is 31.8 Å². The number of hydrogen-bond acceptors (Lipinski definition) is 4. The highest BCUT2D eigenvalue weighted by Gasteiger charge is 2.25. The number of nitrogens with zero attached hydrogens (tertiary/aromatic N) is 1. The van der Waals surface area contributed by atoms with Crippen LogP contribution in [0.4, 0.5) is 0 Å². The number of benzene rings is 1. The third-order valence-corrected chi connectivity index (χ3v) is 3.74. The number of nitrogen functional groups attached to an aromatic ring is 1. The fourth-order valence-corrected chi connectivity index (χ4v) is 2.45. The molecule has 0 saturated heterocycles. The Morgan fingerprint density at radius 3 is 2.74 bits per heavy atom. The van der Waals surface area contributed by atoms with Crippen molar-refractivity contribution in [1.82, 2.24) is 10.3 Å². The monoisotopic (exact) mass is 263 g/mol. The molecule has 2 rings (SSSR count). The molecule has 0 heterocycles. The molecular formula is C14H21N3O2. The molecule has 0 atom stereocenters. The highest BCUT2D eigenvalue weighted by molar-refractivity contribution is 5.95. The van der Waals surface area contributed by atoms with Gasteiger partial charge in [0.1, 0.15) is 0 Å². The summed E-state index contributed by atoms with van der Waals surface area (Å²) in [7, 11) is 0. The molecule has 5 nitrogen and oxygen atoms in total. The zero-order valence-electron chi connectivity index (χ0n) is 11.0. The lowest BCUT2D eigenvalue weighted by Gasteiger charge is -2.37. The maximum atomic E-state index is 11.7. The second-order valence-corrected chi connectivity index (χ2v) is 4.91. The molecule has 5 heteroatoms. The minimum atomic E-state index is -0.270. The summed E-state index contributed by atoms with van der Waals surface area (Å²) >= 11 is 0. The molecule has 1 aliphatic rings. The van der Waals surface area contributed by atoms with Crippen LogP contribution in [0.1, 0.15) is 35.2 Å². The van der Waals surface area contributed by atoms with Gasteiger partial charge in [-0.2, -0.15) is 0 Å². The smallest absolute Gasteiger partial charge is 0.265 e. The predicted molar refractivity (Wildman–Crippen MR) is 73.2 cm³/mol. The van der Waals surface area contributed by atoms with E-state index in [9.17, 15) is 4.79 Å². The van der Waals surface area contributed by atoms with Crippen LogP contribution < -0.4 is 11.3 Å². The quantitative estimate of drug-likeness (QED) is 0.400. The highest BCUT2D eigenvalue weighted by Crippen LogP contribution is 2.26. The topological polar surface area (TPSA) is 78.6 Å². The number of amides is 1. The second-order valence-electron chi connectivity index (χ2n) is 4.91. The summed E-state index contributed by atoms with van der Waals surface area (Å²) in [6.07, 6.45) is 3.59. The number of rotatable bonds is 6. The number of hydrazine groups is 1. The molecule has 1 aliphatic carbocycles. The third-order valence-electron chi connectivity index (χ3n) is 3.74. The van der Waals surface area contributed by atoms with Gasteiger partial charge in [0.15, 0.2) is 0 Å². The van der Waals surface area contributed by atoms with Gasteiger partial charge in [-0.05, 0) is 24.5 Å². The molecule has 0 bridgehead atoms. The number of carbonyl (C=O) groups is 1. The minimum absolute atomic E-state index is 0.141.